The predicted octanol–water partition coefficient (Wildman–Crippen LogP) is 0.141. The zero-order chi connectivity index (χ0) is 48.3. The molecule has 8 aliphatic rings. The highest BCUT2D eigenvalue weighted by molar-refractivity contribution is 5.79. The second-order valence-corrected chi connectivity index (χ2v) is 23.3. The average Bonchev–Trinajstić information content (AvgIpc) is 3.27. The number of allylic oxidation sites excluding steroid dienone is 2. The molecular weight excluding hydrogens is 865 g/mol. The van der Waals surface area contributed by atoms with Gasteiger partial charge in [-0.2, -0.15) is 0 Å². The van der Waals surface area contributed by atoms with Gasteiger partial charge in [0.1, 0.15) is 67.1 Å². The monoisotopic (exact) mass is 943 g/mol. The Morgan fingerprint density at radius 3 is 2.00 bits per heavy atom. The Balaban J connectivity index is 0.976. The maximum atomic E-state index is 15.0. The molecule has 3 aliphatic heterocycles. The highest BCUT2D eigenvalue weighted by atomic mass is 16.8. The summed E-state index contributed by atoms with van der Waals surface area (Å²) in [7, 11) is 0. The van der Waals surface area contributed by atoms with Crippen LogP contribution >= 0.6 is 0 Å². The van der Waals surface area contributed by atoms with Crippen molar-refractivity contribution in [2.24, 2.45) is 50.2 Å². The van der Waals surface area contributed by atoms with Crippen LogP contribution in [0.25, 0.3) is 0 Å². The van der Waals surface area contributed by atoms with Crippen LogP contribution in [0.15, 0.2) is 11.6 Å². The van der Waals surface area contributed by atoms with Gasteiger partial charge in [-0.3, -0.25) is 4.79 Å². The Hall–Kier alpha value is -1.43. The molecule has 0 spiro atoms. The maximum absolute atomic E-state index is 15.0. The van der Waals surface area contributed by atoms with Crippen molar-refractivity contribution in [3.8, 4) is 0 Å². The first-order valence-corrected chi connectivity index (χ1v) is 24.3. The van der Waals surface area contributed by atoms with Gasteiger partial charge >= 0.3 is 5.97 Å². The summed E-state index contributed by atoms with van der Waals surface area (Å²) in [4.78, 5) is 15.0. The second-order valence-electron chi connectivity index (χ2n) is 23.3. The molecule has 0 aromatic rings. The van der Waals surface area contributed by atoms with Crippen molar-refractivity contribution in [2.45, 2.75) is 211 Å². The molecule has 0 aromatic carbocycles. The molecule has 378 valence electrons. The third-order valence-electron chi connectivity index (χ3n) is 19.4. The number of carbonyl (C=O) groups excluding carboxylic acids is 1. The van der Waals surface area contributed by atoms with Crippen molar-refractivity contribution in [1.29, 1.82) is 0 Å². The van der Waals surface area contributed by atoms with Gasteiger partial charge in [-0.1, -0.05) is 53.2 Å². The Labute approximate surface area is 387 Å². The molecule has 4 saturated carbocycles. The van der Waals surface area contributed by atoms with Crippen LogP contribution in [0.4, 0.5) is 0 Å². The van der Waals surface area contributed by atoms with E-state index in [9.17, 15) is 61.0 Å². The molecule has 18 nitrogen and oxygen atoms in total. The first-order chi connectivity index (χ1) is 30.8. The lowest BCUT2D eigenvalue weighted by Gasteiger charge is -2.71. The van der Waals surface area contributed by atoms with Crippen LogP contribution in [0, 0.1) is 50.2 Å². The summed E-state index contributed by atoms with van der Waals surface area (Å²) < 4.78 is 34.7. The summed E-state index contributed by atoms with van der Waals surface area (Å²) in [6.07, 6.45) is -14.9. The molecule has 66 heavy (non-hydrogen) atoms. The summed E-state index contributed by atoms with van der Waals surface area (Å²) in [6.45, 7) is 13.7. The van der Waals surface area contributed by atoms with E-state index < -0.39 is 128 Å². The molecule has 24 atom stereocenters. The summed E-state index contributed by atoms with van der Waals surface area (Å²) in [6, 6.07) is 0. The first kappa shape index (κ1) is 50.9. The minimum absolute atomic E-state index is 0.0599. The van der Waals surface area contributed by atoms with E-state index in [0.29, 0.717) is 25.2 Å². The highest BCUT2D eigenvalue weighted by Crippen LogP contribution is 2.76. The fraction of sp³-hybridized carbons (Fsp3) is 0.938. The zero-order valence-corrected chi connectivity index (χ0v) is 39.5. The number of fused-ring (bicyclic) bond motifs is 7. The molecule has 3 heterocycles. The van der Waals surface area contributed by atoms with Crippen molar-refractivity contribution in [3.63, 3.8) is 0 Å². The van der Waals surface area contributed by atoms with Crippen LogP contribution in [0.2, 0.25) is 0 Å². The molecule has 5 aliphatic carbocycles. The van der Waals surface area contributed by atoms with Crippen LogP contribution in [0.3, 0.4) is 0 Å². The molecule has 11 N–H and O–H groups in total. The van der Waals surface area contributed by atoms with Gasteiger partial charge in [-0.15, -0.1) is 0 Å². The van der Waals surface area contributed by atoms with E-state index in [2.05, 4.69) is 40.7 Å². The molecule has 0 unspecified atom stereocenters. The molecule has 0 radical (unpaired) electrons. The van der Waals surface area contributed by atoms with E-state index in [0.717, 1.165) is 44.9 Å². The Kier molecular flexibility index (Phi) is 13.9. The van der Waals surface area contributed by atoms with Gasteiger partial charge in [-0.05, 0) is 111 Å². The quantitative estimate of drug-likeness (QED) is 0.108. The molecule has 18 heteroatoms. The number of hydrogen-bond acceptors (Lipinski definition) is 18. The summed E-state index contributed by atoms with van der Waals surface area (Å²) in [5.74, 6) is -0.273. The summed E-state index contributed by atoms with van der Waals surface area (Å²) in [5, 5.41) is 118. The smallest absolute Gasteiger partial charge is 0.315 e. The van der Waals surface area contributed by atoms with Crippen LogP contribution in [-0.4, -0.2) is 180 Å². The van der Waals surface area contributed by atoms with Crippen molar-refractivity contribution in [1.82, 2.24) is 0 Å². The van der Waals surface area contributed by atoms with Crippen molar-refractivity contribution in [2.75, 3.05) is 19.8 Å². The number of esters is 1. The van der Waals surface area contributed by atoms with E-state index in [-0.39, 0.29) is 40.1 Å². The highest BCUT2D eigenvalue weighted by Gasteiger charge is 2.70. The van der Waals surface area contributed by atoms with Gasteiger partial charge in [0.05, 0.1) is 37.4 Å². The molecule has 7 fully saturated rings. The van der Waals surface area contributed by atoms with E-state index in [1.165, 1.54) is 12.5 Å². The van der Waals surface area contributed by atoms with Crippen molar-refractivity contribution < 1.29 is 89.4 Å². The number of hydrogen-bond donors (Lipinski definition) is 11. The fourth-order valence-corrected chi connectivity index (χ4v) is 14.8. The molecule has 0 bridgehead atoms. The van der Waals surface area contributed by atoms with E-state index >= 15 is 0 Å². The number of aliphatic hydroxyl groups excluding tert-OH is 11. The van der Waals surface area contributed by atoms with Crippen LogP contribution in [-0.2, 0) is 33.2 Å². The SMILES string of the molecule is C[C@@H]1O[C@@H](O[C@H]2[C@H](O)[C@@H](O)[C@H](OC[C@H]3O[C@@H](OC(=O)[C@]45CCC(C)(C)C[C@H]4C4=CC[C@@H]6[C@@]7(C)CC[C@H](O)[C@@](C)(CO)[C@H]7CC[C@@]6(C)[C@]4(C)CC5)[C@H](O)[C@@H](O)[C@@H]3O)O[C@@H]2CO)[C@H](O)[C@H](O)[C@H]1O. The molecule has 8 rings (SSSR count). The zero-order valence-electron chi connectivity index (χ0n) is 39.5. The number of ether oxygens (including phenoxy) is 6. The van der Waals surface area contributed by atoms with Crippen molar-refractivity contribution >= 4 is 5.97 Å². The largest absolute Gasteiger partial charge is 0.432 e. The van der Waals surface area contributed by atoms with Crippen LogP contribution < -0.4 is 0 Å². The van der Waals surface area contributed by atoms with Crippen LogP contribution in [0.5, 0.6) is 0 Å². The lowest BCUT2D eigenvalue weighted by Crippen LogP contribution is -2.66. The fourth-order valence-electron chi connectivity index (χ4n) is 14.8. The Bertz CT molecular complexity index is 1800. The summed E-state index contributed by atoms with van der Waals surface area (Å²) in [5.41, 5.74) is -0.838. The molecule has 3 saturated heterocycles. The Morgan fingerprint density at radius 2 is 1.32 bits per heavy atom. The number of rotatable bonds is 9. The predicted molar refractivity (Wildman–Crippen MR) is 230 cm³/mol. The standard InChI is InChI=1S/C48H78O18/c1-22-30(52)32(54)35(57)40(62-22)65-38-25(19-49)63-39(37(59)34(38)56)61-20-26-31(53)33(55)36(58)41(64-26)66-42(60)48-16-14-43(2,3)18-24(48)23-8-9-28-44(4)12-11-29(51)45(5,21-50)27(44)10-13-47(28,7)46(23,6)15-17-48/h8,22,24-41,49-59H,9-21H2,1-7H3/t22-,24-,25+,26+,27-,28+,29-,30-,31+,32+,33-,34+,35+,36+,37+,38+,39+,40-,41-,44-,45-,46+,47+,48-/m0/s1. The van der Waals surface area contributed by atoms with E-state index in [4.69, 9.17) is 28.4 Å². The number of carbonyl (C=O) groups is 1. The van der Waals surface area contributed by atoms with Gasteiger partial charge in [0.2, 0.25) is 6.29 Å². The summed E-state index contributed by atoms with van der Waals surface area (Å²) >= 11 is 0. The van der Waals surface area contributed by atoms with Gasteiger partial charge < -0.3 is 84.6 Å². The Morgan fingerprint density at radius 1 is 0.682 bits per heavy atom. The van der Waals surface area contributed by atoms with Gasteiger partial charge in [-0.25, -0.2) is 0 Å². The second kappa shape index (κ2) is 18.0. The minimum Gasteiger partial charge on any atom is -0.432 e. The molecule has 0 aromatic heterocycles. The molecular formula is C48H78O18. The normalized spacial score (nSPS) is 54.8. The third kappa shape index (κ3) is 7.87. The maximum Gasteiger partial charge on any atom is 0.315 e. The number of aliphatic hydroxyl groups is 11. The van der Waals surface area contributed by atoms with Crippen molar-refractivity contribution in [3.05, 3.63) is 11.6 Å². The van der Waals surface area contributed by atoms with E-state index in [1.54, 1.807) is 0 Å². The van der Waals surface area contributed by atoms with E-state index in [1.807, 2.05) is 6.92 Å². The first-order valence-electron chi connectivity index (χ1n) is 24.3. The van der Waals surface area contributed by atoms with Gasteiger partial charge in [0.15, 0.2) is 12.6 Å². The van der Waals surface area contributed by atoms with Crippen LogP contribution in [0.1, 0.15) is 113 Å². The van der Waals surface area contributed by atoms with Gasteiger partial charge in [0.25, 0.3) is 0 Å². The topological polar surface area (TPSA) is 295 Å². The minimum atomic E-state index is -1.85. The lowest BCUT2D eigenvalue weighted by atomic mass is 9.33. The lowest BCUT2D eigenvalue weighted by molar-refractivity contribution is -0.361. The average molecular weight is 943 g/mol. The molecule has 0 amide bonds. The third-order valence-corrected chi connectivity index (χ3v) is 19.4. The van der Waals surface area contributed by atoms with Gasteiger partial charge in [0, 0.05) is 5.41 Å².